The highest BCUT2D eigenvalue weighted by Gasteiger charge is 2.23. The summed E-state index contributed by atoms with van der Waals surface area (Å²) in [6.45, 7) is 1.38. The summed E-state index contributed by atoms with van der Waals surface area (Å²) in [6, 6.07) is 8.57. The normalized spacial score (nSPS) is 14.6. The Morgan fingerprint density at radius 1 is 1.07 bits per heavy atom. The van der Waals surface area contributed by atoms with Crippen molar-refractivity contribution in [1.82, 2.24) is 10.6 Å². The minimum absolute atomic E-state index is 0.0717. The van der Waals surface area contributed by atoms with Gasteiger partial charge in [0.2, 0.25) is 0 Å². The van der Waals surface area contributed by atoms with Gasteiger partial charge in [0, 0.05) is 11.7 Å². The summed E-state index contributed by atoms with van der Waals surface area (Å²) in [4.78, 5) is 48.1. The lowest BCUT2D eigenvalue weighted by atomic mass is 10.2. The van der Waals surface area contributed by atoms with E-state index < -0.39 is 29.9 Å². The molecule has 1 saturated carbocycles. The van der Waals surface area contributed by atoms with Gasteiger partial charge in [-0.3, -0.25) is 14.9 Å². The monoisotopic (exact) mass is 413 g/mol. The summed E-state index contributed by atoms with van der Waals surface area (Å²) in [6.07, 6.45) is 4.14. The van der Waals surface area contributed by atoms with Crippen molar-refractivity contribution >= 4 is 29.5 Å². The van der Waals surface area contributed by atoms with E-state index in [2.05, 4.69) is 16.0 Å². The van der Waals surface area contributed by atoms with E-state index in [9.17, 15) is 19.2 Å². The molecule has 1 aromatic carbocycles. The molecule has 1 aromatic heterocycles. The molecule has 0 radical (unpaired) electrons. The topological polar surface area (TPSA) is 127 Å². The van der Waals surface area contributed by atoms with E-state index in [1.165, 1.54) is 43.5 Å². The van der Waals surface area contributed by atoms with Crippen molar-refractivity contribution < 1.29 is 28.3 Å². The van der Waals surface area contributed by atoms with Crippen LogP contribution in [0.4, 0.5) is 10.5 Å². The number of hydrogen-bond donors (Lipinski definition) is 3. The molecule has 0 bridgehead atoms. The predicted octanol–water partition coefficient (Wildman–Crippen LogP) is 2.85. The number of imide groups is 1. The van der Waals surface area contributed by atoms with Crippen molar-refractivity contribution in [1.29, 1.82) is 0 Å². The highest BCUT2D eigenvalue weighted by Crippen LogP contribution is 2.17. The Morgan fingerprint density at radius 3 is 2.40 bits per heavy atom. The fraction of sp³-hybridized carbons (Fsp3) is 0.333. The highest BCUT2D eigenvalue weighted by molar-refractivity contribution is 6.02. The van der Waals surface area contributed by atoms with Gasteiger partial charge < -0.3 is 19.8 Å². The smallest absolute Gasteiger partial charge is 0.338 e. The van der Waals surface area contributed by atoms with Crippen molar-refractivity contribution in [3.8, 4) is 0 Å². The molecule has 1 fully saturated rings. The first-order chi connectivity index (χ1) is 14.4. The van der Waals surface area contributed by atoms with Gasteiger partial charge in [-0.15, -0.1) is 0 Å². The Morgan fingerprint density at radius 2 is 1.77 bits per heavy atom. The summed E-state index contributed by atoms with van der Waals surface area (Å²) in [5.74, 6) is -1.69. The van der Waals surface area contributed by atoms with E-state index in [4.69, 9.17) is 9.15 Å². The number of urea groups is 1. The van der Waals surface area contributed by atoms with E-state index in [-0.39, 0.29) is 17.4 Å². The lowest BCUT2D eigenvalue weighted by molar-refractivity contribution is -0.127. The second-order valence-corrected chi connectivity index (χ2v) is 7.00. The second-order valence-electron chi connectivity index (χ2n) is 7.00. The lowest BCUT2D eigenvalue weighted by Gasteiger charge is -2.15. The summed E-state index contributed by atoms with van der Waals surface area (Å²) in [5, 5.41) is 7.54. The molecule has 3 N–H and O–H groups in total. The van der Waals surface area contributed by atoms with Crippen LogP contribution in [0.2, 0.25) is 0 Å². The number of carbonyl (C=O) groups excluding carboxylic acids is 4. The molecule has 0 aliphatic heterocycles. The fourth-order valence-electron chi connectivity index (χ4n) is 3.08. The number of amides is 4. The second kappa shape index (κ2) is 9.73. The number of furan rings is 1. The summed E-state index contributed by atoms with van der Waals surface area (Å²) < 4.78 is 10.1. The lowest BCUT2D eigenvalue weighted by Crippen LogP contribution is -2.47. The van der Waals surface area contributed by atoms with Crippen LogP contribution >= 0.6 is 0 Å². The van der Waals surface area contributed by atoms with E-state index >= 15 is 0 Å². The molecule has 1 aliphatic carbocycles. The Bertz CT molecular complexity index is 901. The molecular formula is C21H23N3O6. The van der Waals surface area contributed by atoms with Gasteiger partial charge >= 0.3 is 12.0 Å². The van der Waals surface area contributed by atoms with E-state index in [0.29, 0.717) is 5.69 Å². The Balaban J connectivity index is 1.47. The van der Waals surface area contributed by atoms with Crippen molar-refractivity contribution in [2.75, 3.05) is 5.32 Å². The average molecular weight is 413 g/mol. The average Bonchev–Trinajstić information content (AvgIpc) is 3.42. The van der Waals surface area contributed by atoms with Gasteiger partial charge in [0.1, 0.15) is 0 Å². The summed E-state index contributed by atoms with van der Waals surface area (Å²) in [5.41, 5.74) is 0.656. The molecule has 1 heterocycles. The molecule has 1 aliphatic rings. The van der Waals surface area contributed by atoms with Gasteiger partial charge in [-0.2, -0.15) is 0 Å². The summed E-state index contributed by atoms with van der Waals surface area (Å²) >= 11 is 0. The zero-order valence-electron chi connectivity index (χ0n) is 16.5. The molecule has 3 rings (SSSR count). The molecule has 0 unspecified atom stereocenters. The van der Waals surface area contributed by atoms with E-state index in [1.54, 1.807) is 6.07 Å². The zero-order chi connectivity index (χ0) is 21.5. The number of rotatable bonds is 6. The van der Waals surface area contributed by atoms with Gasteiger partial charge in [0.25, 0.3) is 11.8 Å². The molecule has 9 nitrogen and oxygen atoms in total. The van der Waals surface area contributed by atoms with Gasteiger partial charge in [0.15, 0.2) is 11.9 Å². The van der Waals surface area contributed by atoms with Gasteiger partial charge in [-0.25, -0.2) is 9.59 Å². The quantitative estimate of drug-likeness (QED) is 0.625. The molecule has 1 atom stereocenters. The van der Waals surface area contributed by atoms with Crippen LogP contribution in [0.5, 0.6) is 0 Å². The third-order valence-corrected chi connectivity index (χ3v) is 4.70. The first kappa shape index (κ1) is 21.1. The van der Waals surface area contributed by atoms with Crippen LogP contribution in [0.15, 0.2) is 47.1 Å². The highest BCUT2D eigenvalue weighted by atomic mass is 16.5. The fourth-order valence-corrected chi connectivity index (χ4v) is 3.08. The first-order valence-electron chi connectivity index (χ1n) is 9.69. The van der Waals surface area contributed by atoms with Crippen molar-refractivity contribution in [2.24, 2.45) is 0 Å². The number of esters is 1. The third-order valence-electron chi connectivity index (χ3n) is 4.70. The van der Waals surface area contributed by atoms with Gasteiger partial charge in [-0.05, 0) is 56.2 Å². The molecule has 9 heteroatoms. The van der Waals surface area contributed by atoms with Gasteiger partial charge in [-0.1, -0.05) is 12.8 Å². The van der Waals surface area contributed by atoms with Crippen LogP contribution in [0.3, 0.4) is 0 Å². The largest absolute Gasteiger partial charge is 0.459 e. The molecule has 4 amide bonds. The Kier molecular flexibility index (Phi) is 6.84. The number of nitrogens with one attached hydrogen (secondary N) is 3. The van der Waals surface area contributed by atoms with Gasteiger partial charge in [0.05, 0.1) is 11.8 Å². The molecule has 0 spiro atoms. The van der Waals surface area contributed by atoms with Crippen LogP contribution in [-0.2, 0) is 9.53 Å². The van der Waals surface area contributed by atoms with Crippen LogP contribution < -0.4 is 16.0 Å². The maximum Gasteiger partial charge on any atom is 0.338 e. The number of anilines is 1. The zero-order valence-corrected chi connectivity index (χ0v) is 16.5. The predicted molar refractivity (Wildman–Crippen MR) is 107 cm³/mol. The maximum absolute atomic E-state index is 12.2. The minimum atomic E-state index is -1.15. The Labute approximate surface area is 173 Å². The number of benzene rings is 1. The molecule has 30 heavy (non-hydrogen) atoms. The standard InChI is InChI=1S/C21H23N3O6/c1-13(18(25)24-21(28)23-15-5-2-3-6-15)30-20(27)14-8-10-16(11-9-14)22-19(26)17-7-4-12-29-17/h4,7-13,15H,2-3,5-6H2,1H3,(H,22,26)(H2,23,24,25,28)/t13-/m0/s1. The van der Waals surface area contributed by atoms with Crippen LogP contribution in [0.1, 0.15) is 53.5 Å². The molecule has 0 saturated heterocycles. The van der Waals surface area contributed by atoms with Crippen LogP contribution in [0.25, 0.3) is 0 Å². The van der Waals surface area contributed by atoms with Crippen molar-refractivity contribution in [3.63, 3.8) is 0 Å². The van der Waals surface area contributed by atoms with Crippen LogP contribution in [0, 0.1) is 0 Å². The molecular weight excluding hydrogens is 390 g/mol. The molecule has 2 aromatic rings. The first-order valence-corrected chi connectivity index (χ1v) is 9.69. The van der Waals surface area contributed by atoms with E-state index in [0.717, 1.165) is 25.7 Å². The minimum Gasteiger partial charge on any atom is -0.459 e. The molecule has 158 valence electrons. The SMILES string of the molecule is C[C@H](OC(=O)c1ccc(NC(=O)c2ccco2)cc1)C(=O)NC(=O)NC1CCCC1. The maximum atomic E-state index is 12.2. The van der Waals surface area contributed by atoms with Crippen LogP contribution in [-0.4, -0.2) is 36.0 Å². The Hall–Kier alpha value is -3.62. The summed E-state index contributed by atoms with van der Waals surface area (Å²) in [7, 11) is 0. The third kappa shape index (κ3) is 5.69. The van der Waals surface area contributed by atoms with E-state index in [1.807, 2.05) is 0 Å². The number of ether oxygens (including phenoxy) is 1. The van der Waals surface area contributed by atoms with Crippen molar-refractivity contribution in [3.05, 3.63) is 54.0 Å². The number of carbonyl (C=O) groups is 4. The number of hydrogen-bond acceptors (Lipinski definition) is 6. The van der Waals surface area contributed by atoms with Crippen molar-refractivity contribution in [2.45, 2.75) is 44.8 Å².